The van der Waals surface area contributed by atoms with Gasteiger partial charge >= 0.3 is 0 Å². The van der Waals surface area contributed by atoms with Crippen LogP contribution in [0.2, 0.25) is 0 Å². The van der Waals surface area contributed by atoms with Gasteiger partial charge in [0, 0.05) is 11.4 Å². The normalized spacial score (nSPS) is 24.7. The molecule has 2 aliphatic heterocycles. The summed E-state index contributed by atoms with van der Waals surface area (Å²) in [5, 5.41) is 0. The topological polar surface area (TPSA) is 118 Å². The zero-order valence-corrected chi connectivity index (χ0v) is 16.7. The van der Waals surface area contributed by atoms with E-state index in [1.54, 1.807) is 6.26 Å². The van der Waals surface area contributed by atoms with E-state index in [-0.39, 0.29) is 34.4 Å². The van der Waals surface area contributed by atoms with E-state index in [1.165, 1.54) is 30.0 Å². The second kappa shape index (κ2) is 7.29. The SMILES string of the molecule is CSC[C@H](C(=O)N1C(=O)c2cccc(N)c2C1=O)N1C(=O)[C@H]2CCCC[C@@H]2C1=O. The summed E-state index contributed by atoms with van der Waals surface area (Å²) in [5.41, 5.74) is 5.98. The van der Waals surface area contributed by atoms with Crippen molar-refractivity contribution in [2.45, 2.75) is 31.7 Å². The minimum atomic E-state index is -1.20. The van der Waals surface area contributed by atoms with Crippen molar-refractivity contribution in [3.63, 3.8) is 0 Å². The maximum absolute atomic E-state index is 13.3. The van der Waals surface area contributed by atoms with Gasteiger partial charge in [0.15, 0.2) is 0 Å². The van der Waals surface area contributed by atoms with Crippen molar-refractivity contribution in [3.8, 4) is 0 Å². The summed E-state index contributed by atoms with van der Waals surface area (Å²) in [5.74, 6) is -3.90. The number of carbonyl (C=O) groups is 5. The highest BCUT2D eigenvalue weighted by Gasteiger charge is 2.54. The van der Waals surface area contributed by atoms with Crippen molar-refractivity contribution in [3.05, 3.63) is 29.3 Å². The lowest BCUT2D eigenvalue weighted by molar-refractivity contribution is -0.149. The number of imide groups is 4. The Morgan fingerprint density at radius 3 is 2.28 bits per heavy atom. The van der Waals surface area contributed by atoms with Crippen LogP contribution in [0.15, 0.2) is 18.2 Å². The standard InChI is InChI=1S/C20H21N3O5S/c1-29-9-14(22-16(24)10-5-2-3-6-11(10)17(22)25)19(27)23-18(26)12-7-4-8-13(21)15(12)20(23)28/h4,7-8,10-11,14H,2-3,5-6,9,21H2,1H3/t10-,11-,14+/m0/s1. The van der Waals surface area contributed by atoms with Crippen molar-refractivity contribution in [2.24, 2.45) is 11.8 Å². The van der Waals surface area contributed by atoms with Crippen LogP contribution in [0, 0.1) is 11.8 Å². The highest BCUT2D eigenvalue weighted by atomic mass is 32.2. The fourth-order valence-corrected chi connectivity index (χ4v) is 5.18. The molecule has 9 heteroatoms. The number of fused-ring (bicyclic) bond motifs is 2. The van der Waals surface area contributed by atoms with Crippen molar-refractivity contribution < 1.29 is 24.0 Å². The van der Waals surface area contributed by atoms with Gasteiger partial charge in [0.25, 0.3) is 17.7 Å². The summed E-state index contributed by atoms with van der Waals surface area (Å²) in [6, 6.07) is 3.25. The van der Waals surface area contributed by atoms with Gasteiger partial charge < -0.3 is 5.73 Å². The number of nitrogens with two attached hydrogens (primary N) is 1. The smallest absolute Gasteiger partial charge is 0.270 e. The highest BCUT2D eigenvalue weighted by molar-refractivity contribution is 7.98. The molecule has 0 unspecified atom stereocenters. The molecule has 2 N–H and O–H groups in total. The number of likely N-dealkylation sites (tertiary alicyclic amines) is 1. The lowest BCUT2D eigenvalue weighted by Gasteiger charge is -2.27. The van der Waals surface area contributed by atoms with Gasteiger partial charge in [-0.2, -0.15) is 11.8 Å². The van der Waals surface area contributed by atoms with Crippen molar-refractivity contribution >= 4 is 47.0 Å². The molecular formula is C20H21N3O5S. The first-order chi connectivity index (χ1) is 13.9. The van der Waals surface area contributed by atoms with E-state index in [2.05, 4.69) is 0 Å². The number of carbonyl (C=O) groups excluding carboxylic acids is 5. The molecule has 2 heterocycles. The summed E-state index contributed by atoms with van der Waals surface area (Å²) in [6.45, 7) is 0. The van der Waals surface area contributed by atoms with Gasteiger partial charge in [-0.25, -0.2) is 4.90 Å². The summed E-state index contributed by atoms with van der Waals surface area (Å²) < 4.78 is 0. The molecule has 0 spiro atoms. The fraction of sp³-hybridized carbons (Fsp3) is 0.450. The van der Waals surface area contributed by atoms with Crippen LogP contribution in [0.5, 0.6) is 0 Å². The molecule has 1 saturated heterocycles. The van der Waals surface area contributed by atoms with Gasteiger partial charge in [-0.3, -0.25) is 28.9 Å². The Balaban J connectivity index is 1.68. The molecule has 0 radical (unpaired) electrons. The van der Waals surface area contributed by atoms with Gasteiger partial charge in [0.1, 0.15) is 6.04 Å². The van der Waals surface area contributed by atoms with Crippen LogP contribution >= 0.6 is 11.8 Å². The first-order valence-electron chi connectivity index (χ1n) is 9.55. The first kappa shape index (κ1) is 19.6. The van der Waals surface area contributed by atoms with Crippen LogP contribution in [-0.4, -0.2) is 57.4 Å². The Labute approximate surface area is 171 Å². The number of thioether (sulfide) groups is 1. The Hall–Kier alpha value is -2.68. The molecule has 152 valence electrons. The number of benzene rings is 1. The number of hydrogen-bond acceptors (Lipinski definition) is 7. The minimum absolute atomic E-state index is 0.0125. The van der Waals surface area contributed by atoms with Crippen molar-refractivity contribution in [1.29, 1.82) is 0 Å². The van der Waals surface area contributed by atoms with Gasteiger partial charge in [-0.15, -0.1) is 0 Å². The summed E-state index contributed by atoms with van der Waals surface area (Å²) in [7, 11) is 0. The quantitative estimate of drug-likeness (QED) is 0.582. The van der Waals surface area contributed by atoms with Crippen LogP contribution in [0.4, 0.5) is 5.69 Å². The third kappa shape index (κ3) is 2.87. The molecule has 29 heavy (non-hydrogen) atoms. The Bertz CT molecular complexity index is 922. The third-order valence-corrected chi connectivity index (χ3v) is 6.61. The number of anilines is 1. The summed E-state index contributed by atoms with van der Waals surface area (Å²) in [4.78, 5) is 66.3. The van der Waals surface area contributed by atoms with Gasteiger partial charge in [0.2, 0.25) is 11.8 Å². The largest absolute Gasteiger partial charge is 0.398 e. The zero-order chi connectivity index (χ0) is 20.9. The molecule has 3 aliphatic rings. The molecule has 8 nitrogen and oxygen atoms in total. The molecule has 1 aliphatic carbocycles. The molecule has 0 aromatic heterocycles. The van der Waals surface area contributed by atoms with E-state index in [4.69, 9.17) is 5.73 Å². The Morgan fingerprint density at radius 2 is 1.72 bits per heavy atom. The van der Waals surface area contributed by atoms with Crippen LogP contribution in [-0.2, 0) is 14.4 Å². The van der Waals surface area contributed by atoms with E-state index >= 15 is 0 Å². The zero-order valence-electron chi connectivity index (χ0n) is 15.9. The summed E-state index contributed by atoms with van der Waals surface area (Å²) >= 11 is 1.27. The first-order valence-corrected chi connectivity index (χ1v) is 10.9. The van der Waals surface area contributed by atoms with Crippen LogP contribution in [0.3, 0.4) is 0 Å². The number of hydrogen-bond donors (Lipinski definition) is 1. The number of rotatable bonds is 4. The van der Waals surface area contributed by atoms with Crippen LogP contribution < -0.4 is 5.73 Å². The van der Waals surface area contributed by atoms with E-state index < -0.39 is 35.6 Å². The highest BCUT2D eigenvalue weighted by Crippen LogP contribution is 2.40. The Morgan fingerprint density at radius 1 is 1.10 bits per heavy atom. The molecule has 5 amide bonds. The molecule has 3 atom stereocenters. The molecule has 2 fully saturated rings. The van der Waals surface area contributed by atoms with Crippen LogP contribution in [0.25, 0.3) is 0 Å². The van der Waals surface area contributed by atoms with Gasteiger partial charge in [0.05, 0.1) is 23.0 Å². The maximum Gasteiger partial charge on any atom is 0.270 e. The molecule has 1 aromatic carbocycles. The minimum Gasteiger partial charge on any atom is -0.398 e. The van der Waals surface area contributed by atoms with E-state index in [0.29, 0.717) is 17.7 Å². The van der Waals surface area contributed by atoms with Crippen molar-refractivity contribution in [2.75, 3.05) is 17.7 Å². The lowest BCUT2D eigenvalue weighted by Crippen LogP contribution is -2.54. The number of nitrogens with zero attached hydrogens (tertiary/aromatic N) is 2. The lowest BCUT2D eigenvalue weighted by atomic mass is 9.81. The molecule has 0 bridgehead atoms. The predicted molar refractivity (Wildman–Crippen MR) is 106 cm³/mol. The Kier molecular flexibility index (Phi) is 4.94. The third-order valence-electron chi connectivity index (χ3n) is 5.96. The second-order valence-corrected chi connectivity index (χ2v) is 8.48. The maximum atomic E-state index is 13.3. The molecule has 1 aromatic rings. The molecule has 4 rings (SSSR count). The predicted octanol–water partition coefficient (Wildman–Crippen LogP) is 1.30. The van der Waals surface area contributed by atoms with Gasteiger partial charge in [-0.1, -0.05) is 18.9 Å². The second-order valence-electron chi connectivity index (χ2n) is 7.57. The van der Waals surface area contributed by atoms with E-state index in [0.717, 1.165) is 17.7 Å². The van der Waals surface area contributed by atoms with E-state index in [1.807, 2.05) is 0 Å². The van der Waals surface area contributed by atoms with Crippen molar-refractivity contribution in [1.82, 2.24) is 9.80 Å². The number of amides is 5. The number of nitrogen functional groups attached to an aromatic ring is 1. The average Bonchev–Trinajstić information content (AvgIpc) is 3.12. The molecule has 1 saturated carbocycles. The monoisotopic (exact) mass is 415 g/mol. The van der Waals surface area contributed by atoms with Gasteiger partial charge in [-0.05, 0) is 31.2 Å². The van der Waals surface area contributed by atoms with Crippen LogP contribution in [0.1, 0.15) is 46.4 Å². The fourth-order valence-electron chi connectivity index (χ4n) is 4.57. The average molecular weight is 415 g/mol. The van der Waals surface area contributed by atoms with E-state index in [9.17, 15) is 24.0 Å². The molecular weight excluding hydrogens is 394 g/mol. The summed E-state index contributed by atoms with van der Waals surface area (Å²) in [6.07, 6.45) is 4.71.